The predicted molar refractivity (Wildman–Crippen MR) is 126 cm³/mol. The van der Waals surface area contributed by atoms with E-state index in [4.69, 9.17) is 10.8 Å². The van der Waals surface area contributed by atoms with Crippen LogP contribution >= 0.6 is 0 Å². The van der Waals surface area contributed by atoms with Crippen molar-refractivity contribution >= 4 is 34.5 Å². The molecule has 9 heteroatoms. The van der Waals surface area contributed by atoms with Crippen LogP contribution in [0.25, 0.3) is 10.9 Å². The molecule has 9 nitrogen and oxygen atoms in total. The lowest BCUT2D eigenvalue weighted by molar-refractivity contribution is 0.0727. The average molecular weight is 450 g/mol. The standard InChI is InChI=1S/C24H27N5O4/c1-27-10-9-19(14-27)28(2)23(31)21-11-17-7-8-18(26-24(32)33)12-20(17)29(21)13-15-3-5-16(6-4-15)22(25)30/h3-8,11-12,19,26H,9-10,13-14H2,1-2H3,(H2,25,30)(H,32,33). The molecule has 0 aliphatic carbocycles. The number of likely N-dealkylation sites (N-methyl/N-ethyl adjacent to an activating group) is 2. The van der Waals surface area contributed by atoms with Crippen LogP contribution in [0.3, 0.4) is 0 Å². The number of anilines is 1. The first kappa shape index (κ1) is 22.3. The summed E-state index contributed by atoms with van der Waals surface area (Å²) in [5.74, 6) is -0.593. The van der Waals surface area contributed by atoms with Gasteiger partial charge in [-0.25, -0.2) is 4.79 Å². The number of likely N-dealkylation sites (tertiary alicyclic amines) is 1. The van der Waals surface area contributed by atoms with Gasteiger partial charge in [0.2, 0.25) is 5.91 Å². The molecule has 4 N–H and O–H groups in total. The molecule has 2 heterocycles. The molecule has 3 amide bonds. The largest absolute Gasteiger partial charge is 0.465 e. The molecule has 172 valence electrons. The number of nitrogens with one attached hydrogen (secondary N) is 1. The quantitative estimate of drug-likeness (QED) is 0.534. The van der Waals surface area contributed by atoms with Gasteiger partial charge in [-0.15, -0.1) is 0 Å². The van der Waals surface area contributed by atoms with Crippen LogP contribution < -0.4 is 11.1 Å². The minimum atomic E-state index is -1.16. The highest BCUT2D eigenvalue weighted by Gasteiger charge is 2.29. The van der Waals surface area contributed by atoms with Gasteiger partial charge >= 0.3 is 6.09 Å². The highest BCUT2D eigenvalue weighted by atomic mass is 16.4. The van der Waals surface area contributed by atoms with Crippen molar-refractivity contribution in [3.63, 3.8) is 0 Å². The summed E-state index contributed by atoms with van der Waals surface area (Å²) in [7, 11) is 3.87. The van der Waals surface area contributed by atoms with Crippen molar-refractivity contribution in [1.82, 2.24) is 14.4 Å². The second kappa shape index (κ2) is 8.95. The van der Waals surface area contributed by atoms with Crippen molar-refractivity contribution in [2.75, 3.05) is 32.5 Å². The summed E-state index contributed by atoms with van der Waals surface area (Å²) in [6.45, 7) is 2.14. The second-order valence-corrected chi connectivity index (χ2v) is 8.50. The highest BCUT2D eigenvalue weighted by molar-refractivity contribution is 6.00. The van der Waals surface area contributed by atoms with Gasteiger partial charge in [-0.1, -0.05) is 18.2 Å². The van der Waals surface area contributed by atoms with Gasteiger partial charge in [-0.3, -0.25) is 14.9 Å². The maximum absolute atomic E-state index is 13.5. The van der Waals surface area contributed by atoms with E-state index in [1.54, 1.807) is 47.4 Å². The maximum Gasteiger partial charge on any atom is 0.409 e. The van der Waals surface area contributed by atoms with E-state index in [1.165, 1.54) is 0 Å². The summed E-state index contributed by atoms with van der Waals surface area (Å²) < 4.78 is 1.89. The molecule has 4 rings (SSSR count). The first-order valence-electron chi connectivity index (χ1n) is 10.7. The first-order chi connectivity index (χ1) is 15.7. The van der Waals surface area contributed by atoms with Gasteiger partial charge in [0.05, 0.1) is 5.52 Å². The zero-order chi connectivity index (χ0) is 23.7. The van der Waals surface area contributed by atoms with E-state index in [1.807, 2.05) is 24.7 Å². The van der Waals surface area contributed by atoms with Crippen LogP contribution in [0.4, 0.5) is 10.5 Å². The van der Waals surface area contributed by atoms with Crippen LogP contribution in [0, 0.1) is 0 Å². The number of hydrogen-bond donors (Lipinski definition) is 3. The highest BCUT2D eigenvalue weighted by Crippen LogP contribution is 2.27. The van der Waals surface area contributed by atoms with Gasteiger partial charge in [-0.2, -0.15) is 0 Å². The molecule has 1 aliphatic heterocycles. The Morgan fingerprint density at radius 3 is 2.48 bits per heavy atom. The van der Waals surface area contributed by atoms with Gasteiger partial charge in [0.1, 0.15) is 5.69 Å². The molecule has 1 saturated heterocycles. The molecular weight excluding hydrogens is 422 g/mol. The van der Waals surface area contributed by atoms with E-state index in [0.717, 1.165) is 36.0 Å². The minimum absolute atomic E-state index is 0.0898. The summed E-state index contributed by atoms with van der Waals surface area (Å²) in [5.41, 5.74) is 8.31. The van der Waals surface area contributed by atoms with Crippen LogP contribution in [0.2, 0.25) is 0 Å². The smallest absolute Gasteiger partial charge is 0.409 e. The normalized spacial score (nSPS) is 16.1. The Hall–Kier alpha value is -3.85. The SMILES string of the molecule is CN1CCC(N(C)C(=O)c2cc3ccc(NC(=O)O)cc3n2Cc2ccc(C(N)=O)cc2)C1. The number of carboxylic acid groups (broad SMARTS) is 1. The summed E-state index contributed by atoms with van der Waals surface area (Å²) in [4.78, 5) is 40.1. The average Bonchev–Trinajstić information content (AvgIpc) is 3.36. The topological polar surface area (TPSA) is 121 Å². The fourth-order valence-corrected chi connectivity index (χ4v) is 4.33. The summed E-state index contributed by atoms with van der Waals surface area (Å²) in [5, 5.41) is 12.3. The van der Waals surface area contributed by atoms with Crippen molar-refractivity contribution < 1.29 is 19.5 Å². The molecule has 0 spiro atoms. The Morgan fingerprint density at radius 1 is 1.15 bits per heavy atom. The molecule has 0 saturated carbocycles. The van der Waals surface area contributed by atoms with Crippen LogP contribution in [0.15, 0.2) is 48.5 Å². The second-order valence-electron chi connectivity index (χ2n) is 8.50. The molecule has 1 fully saturated rings. The number of carbonyl (C=O) groups excluding carboxylic acids is 2. The molecule has 1 aliphatic rings. The van der Waals surface area contributed by atoms with Crippen LogP contribution in [0.1, 0.15) is 32.8 Å². The first-order valence-corrected chi connectivity index (χ1v) is 10.7. The zero-order valence-electron chi connectivity index (χ0n) is 18.6. The van der Waals surface area contributed by atoms with E-state index in [2.05, 4.69) is 10.2 Å². The van der Waals surface area contributed by atoms with Gasteiger partial charge in [0.25, 0.3) is 5.91 Å². The monoisotopic (exact) mass is 449 g/mol. The van der Waals surface area contributed by atoms with Crippen LogP contribution in [0.5, 0.6) is 0 Å². The molecule has 2 aromatic carbocycles. The molecule has 0 radical (unpaired) electrons. The lowest BCUT2D eigenvalue weighted by Crippen LogP contribution is -2.39. The van der Waals surface area contributed by atoms with E-state index in [0.29, 0.717) is 23.5 Å². The number of fused-ring (bicyclic) bond motifs is 1. The van der Waals surface area contributed by atoms with Crippen molar-refractivity contribution in [3.8, 4) is 0 Å². The van der Waals surface area contributed by atoms with E-state index >= 15 is 0 Å². The molecule has 3 aromatic rings. The lowest BCUT2D eigenvalue weighted by Gasteiger charge is -2.25. The van der Waals surface area contributed by atoms with Gasteiger partial charge in [0.15, 0.2) is 0 Å². The fourth-order valence-electron chi connectivity index (χ4n) is 4.33. The van der Waals surface area contributed by atoms with E-state index in [-0.39, 0.29) is 11.9 Å². The third-order valence-electron chi connectivity index (χ3n) is 6.19. The third-order valence-corrected chi connectivity index (χ3v) is 6.19. The molecule has 1 aromatic heterocycles. The summed E-state index contributed by atoms with van der Waals surface area (Å²) in [6, 6.07) is 14.1. The van der Waals surface area contributed by atoms with E-state index in [9.17, 15) is 14.4 Å². The van der Waals surface area contributed by atoms with Crippen LogP contribution in [-0.2, 0) is 6.54 Å². The number of rotatable bonds is 6. The Bertz CT molecular complexity index is 1220. The number of nitrogens with two attached hydrogens (primary N) is 1. The van der Waals surface area contributed by atoms with Gasteiger partial charge < -0.3 is 25.2 Å². The molecule has 1 unspecified atom stereocenters. The Balaban J connectivity index is 1.75. The molecule has 1 atom stereocenters. The minimum Gasteiger partial charge on any atom is -0.465 e. The Labute approximate surface area is 191 Å². The fraction of sp³-hybridized carbons (Fsp3) is 0.292. The van der Waals surface area contributed by atoms with Crippen molar-refractivity contribution in [1.29, 1.82) is 0 Å². The van der Waals surface area contributed by atoms with Crippen molar-refractivity contribution in [3.05, 3.63) is 65.4 Å². The van der Waals surface area contributed by atoms with Crippen LogP contribution in [-0.4, -0.2) is 70.6 Å². The summed E-state index contributed by atoms with van der Waals surface area (Å²) in [6.07, 6.45) is -0.240. The van der Waals surface area contributed by atoms with Gasteiger partial charge in [-0.05, 0) is 55.9 Å². The molecular formula is C24H27N5O4. The van der Waals surface area contributed by atoms with Crippen molar-refractivity contribution in [2.24, 2.45) is 5.73 Å². The maximum atomic E-state index is 13.5. The third kappa shape index (κ3) is 4.68. The van der Waals surface area contributed by atoms with Crippen molar-refractivity contribution in [2.45, 2.75) is 19.0 Å². The number of carbonyl (C=O) groups is 3. The summed E-state index contributed by atoms with van der Waals surface area (Å²) >= 11 is 0. The number of nitrogens with zero attached hydrogens (tertiary/aromatic N) is 3. The molecule has 33 heavy (non-hydrogen) atoms. The Kier molecular flexibility index (Phi) is 6.06. The number of amides is 3. The predicted octanol–water partition coefficient (Wildman–Crippen LogP) is 2.65. The lowest BCUT2D eigenvalue weighted by atomic mass is 10.1. The Morgan fingerprint density at radius 2 is 1.88 bits per heavy atom. The number of aromatic nitrogens is 1. The zero-order valence-corrected chi connectivity index (χ0v) is 18.6. The number of benzene rings is 2. The number of hydrogen-bond acceptors (Lipinski definition) is 4. The van der Waals surface area contributed by atoms with E-state index < -0.39 is 12.0 Å². The number of primary amides is 1. The van der Waals surface area contributed by atoms with Gasteiger partial charge in [0, 0.05) is 42.8 Å². The molecule has 0 bridgehead atoms.